The summed E-state index contributed by atoms with van der Waals surface area (Å²) in [6.07, 6.45) is 1.22. The van der Waals surface area contributed by atoms with Crippen molar-refractivity contribution in [2.24, 2.45) is 11.8 Å². The fraction of sp³-hybridized carbons (Fsp3) is 0.900. The van der Waals surface area contributed by atoms with E-state index < -0.39 is 0 Å². The first-order valence-corrected chi connectivity index (χ1v) is 5.35. The van der Waals surface area contributed by atoms with Crippen LogP contribution < -0.4 is 5.32 Å². The number of hydrogen-bond acceptors (Lipinski definition) is 2. The Balaban J connectivity index is 1.95. The molecule has 0 bridgehead atoms. The van der Waals surface area contributed by atoms with Crippen LogP contribution in [0, 0.1) is 11.8 Å². The maximum atomic E-state index is 11.7. The normalized spacial score (nSPS) is 31.4. The molecule has 4 nitrogen and oxygen atoms in total. The Labute approximate surface area is 85.2 Å². The molecule has 0 saturated carbocycles. The van der Waals surface area contributed by atoms with Crippen molar-refractivity contribution in [3.05, 3.63) is 0 Å². The molecule has 4 heteroatoms. The van der Waals surface area contributed by atoms with E-state index >= 15 is 0 Å². The van der Waals surface area contributed by atoms with E-state index in [1.807, 2.05) is 19.0 Å². The number of rotatable bonds is 0. The van der Waals surface area contributed by atoms with E-state index in [4.69, 9.17) is 0 Å². The van der Waals surface area contributed by atoms with Crippen LogP contribution in [0.25, 0.3) is 0 Å². The molecule has 0 spiro atoms. The van der Waals surface area contributed by atoms with Crippen molar-refractivity contribution >= 4 is 6.03 Å². The van der Waals surface area contributed by atoms with E-state index in [1.54, 1.807) is 4.90 Å². The molecule has 2 rings (SSSR count). The molecule has 2 heterocycles. The molecule has 80 valence electrons. The second kappa shape index (κ2) is 3.77. The number of urea groups is 1. The van der Waals surface area contributed by atoms with Crippen molar-refractivity contribution in [1.82, 2.24) is 15.1 Å². The minimum Gasteiger partial charge on any atom is -0.331 e. The van der Waals surface area contributed by atoms with Crippen LogP contribution in [0.3, 0.4) is 0 Å². The monoisotopic (exact) mass is 197 g/mol. The fourth-order valence-corrected chi connectivity index (χ4v) is 2.51. The van der Waals surface area contributed by atoms with Crippen LogP contribution in [0.15, 0.2) is 0 Å². The molecule has 2 amide bonds. The average Bonchev–Trinajstić information content (AvgIpc) is 2.59. The Bertz CT molecular complexity index is 215. The maximum Gasteiger partial charge on any atom is 0.319 e. The highest BCUT2D eigenvalue weighted by Gasteiger charge is 2.36. The maximum absolute atomic E-state index is 11.7. The molecule has 0 aromatic heterocycles. The minimum absolute atomic E-state index is 0.166. The highest BCUT2D eigenvalue weighted by atomic mass is 16.2. The van der Waals surface area contributed by atoms with Crippen molar-refractivity contribution < 1.29 is 4.79 Å². The van der Waals surface area contributed by atoms with Gasteiger partial charge >= 0.3 is 6.03 Å². The van der Waals surface area contributed by atoms with Crippen LogP contribution in [0.5, 0.6) is 0 Å². The first-order valence-electron chi connectivity index (χ1n) is 5.35. The van der Waals surface area contributed by atoms with Crippen LogP contribution >= 0.6 is 0 Å². The van der Waals surface area contributed by atoms with Crippen molar-refractivity contribution in [2.75, 3.05) is 40.3 Å². The zero-order chi connectivity index (χ0) is 10.1. The lowest BCUT2D eigenvalue weighted by Gasteiger charge is -2.23. The predicted octanol–water partition coefficient (Wildman–Crippen LogP) is 0.209. The number of hydrogen-bond donors (Lipinski definition) is 1. The lowest BCUT2D eigenvalue weighted by Crippen LogP contribution is -2.38. The number of nitrogens with one attached hydrogen (secondary N) is 1. The summed E-state index contributed by atoms with van der Waals surface area (Å²) in [4.78, 5) is 15.4. The van der Waals surface area contributed by atoms with E-state index in [1.165, 1.54) is 6.42 Å². The van der Waals surface area contributed by atoms with Gasteiger partial charge in [0.15, 0.2) is 0 Å². The van der Waals surface area contributed by atoms with Gasteiger partial charge in [0, 0.05) is 27.2 Å². The highest BCUT2D eigenvalue weighted by molar-refractivity contribution is 5.74. The molecule has 14 heavy (non-hydrogen) atoms. The second-order valence-electron chi connectivity index (χ2n) is 4.59. The first-order chi connectivity index (χ1) is 6.68. The summed E-state index contributed by atoms with van der Waals surface area (Å²) in [5, 5.41) is 3.39. The number of likely N-dealkylation sites (tertiary alicyclic amines) is 1. The molecule has 0 radical (unpaired) electrons. The van der Waals surface area contributed by atoms with Gasteiger partial charge in [0.25, 0.3) is 0 Å². The smallest absolute Gasteiger partial charge is 0.319 e. The third kappa shape index (κ3) is 1.71. The molecule has 2 atom stereocenters. The standard InChI is InChI=1S/C10H19N3O/c1-12(2)10(14)13-6-8-3-4-11-5-9(8)7-13/h8-9,11H,3-7H2,1-2H3. The number of piperidine rings is 1. The summed E-state index contributed by atoms with van der Waals surface area (Å²) in [6, 6.07) is 0.166. The predicted molar refractivity (Wildman–Crippen MR) is 55.1 cm³/mol. The molecule has 0 aromatic rings. The van der Waals surface area contributed by atoms with Crippen LogP contribution in [0.4, 0.5) is 4.79 Å². The molecule has 2 aliphatic rings. The summed E-state index contributed by atoms with van der Waals surface area (Å²) >= 11 is 0. The summed E-state index contributed by atoms with van der Waals surface area (Å²) in [7, 11) is 3.64. The van der Waals surface area contributed by atoms with Gasteiger partial charge in [0.2, 0.25) is 0 Å². The van der Waals surface area contributed by atoms with Crippen LogP contribution in [-0.4, -0.2) is 56.1 Å². The molecule has 0 aliphatic carbocycles. The Hall–Kier alpha value is -0.770. The van der Waals surface area contributed by atoms with E-state index in [9.17, 15) is 4.79 Å². The Morgan fingerprint density at radius 2 is 2.07 bits per heavy atom. The van der Waals surface area contributed by atoms with Gasteiger partial charge in [-0.2, -0.15) is 0 Å². The lowest BCUT2D eigenvalue weighted by molar-refractivity contribution is 0.179. The van der Waals surface area contributed by atoms with Gasteiger partial charge in [-0.15, -0.1) is 0 Å². The third-order valence-electron chi connectivity index (χ3n) is 3.33. The van der Waals surface area contributed by atoms with Crippen molar-refractivity contribution in [1.29, 1.82) is 0 Å². The SMILES string of the molecule is CN(C)C(=O)N1CC2CCNCC2C1. The molecule has 1 N–H and O–H groups in total. The summed E-state index contributed by atoms with van der Waals surface area (Å²) in [6.45, 7) is 4.10. The van der Waals surface area contributed by atoms with Crippen LogP contribution in [-0.2, 0) is 0 Å². The second-order valence-corrected chi connectivity index (χ2v) is 4.59. The molecule has 0 aromatic carbocycles. The fourth-order valence-electron chi connectivity index (χ4n) is 2.51. The third-order valence-corrected chi connectivity index (χ3v) is 3.33. The van der Waals surface area contributed by atoms with Gasteiger partial charge < -0.3 is 15.1 Å². The van der Waals surface area contributed by atoms with Crippen molar-refractivity contribution in [3.8, 4) is 0 Å². The molecule has 2 unspecified atom stereocenters. The Morgan fingerprint density at radius 3 is 2.71 bits per heavy atom. The minimum atomic E-state index is 0.166. The van der Waals surface area contributed by atoms with Gasteiger partial charge in [0.05, 0.1) is 0 Å². The van der Waals surface area contributed by atoms with E-state index in [-0.39, 0.29) is 6.03 Å². The lowest BCUT2D eigenvalue weighted by atomic mass is 9.90. The van der Waals surface area contributed by atoms with Gasteiger partial charge in [-0.3, -0.25) is 0 Å². The summed E-state index contributed by atoms with van der Waals surface area (Å²) < 4.78 is 0. The van der Waals surface area contributed by atoms with Gasteiger partial charge in [0.1, 0.15) is 0 Å². The average molecular weight is 197 g/mol. The van der Waals surface area contributed by atoms with E-state index in [2.05, 4.69) is 5.32 Å². The van der Waals surface area contributed by atoms with Gasteiger partial charge in [-0.1, -0.05) is 0 Å². The van der Waals surface area contributed by atoms with Crippen LogP contribution in [0.2, 0.25) is 0 Å². The number of nitrogens with zero attached hydrogens (tertiary/aromatic N) is 2. The summed E-state index contributed by atoms with van der Waals surface area (Å²) in [5.41, 5.74) is 0. The highest BCUT2D eigenvalue weighted by Crippen LogP contribution is 2.28. The molecular weight excluding hydrogens is 178 g/mol. The number of fused-ring (bicyclic) bond motifs is 1. The van der Waals surface area contributed by atoms with Gasteiger partial charge in [-0.25, -0.2) is 4.79 Å². The van der Waals surface area contributed by atoms with E-state index in [0.717, 1.165) is 32.1 Å². The number of amides is 2. The zero-order valence-corrected chi connectivity index (χ0v) is 8.99. The number of carbonyl (C=O) groups excluding carboxylic acids is 1. The largest absolute Gasteiger partial charge is 0.331 e. The molecule has 2 aliphatic heterocycles. The quantitative estimate of drug-likeness (QED) is 0.602. The van der Waals surface area contributed by atoms with Crippen molar-refractivity contribution in [3.63, 3.8) is 0 Å². The molecule has 2 saturated heterocycles. The Morgan fingerprint density at radius 1 is 1.36 bits per heavy atom. The topological polar surface area (TPSA) is 35.6 Å². The zero-order valence-electron chi connectivity index (χ0n) is 8.99. The molecular formula is C10H19N3O. The van der Waals surface area contributed by atoms with Gasteiger partial charge in [-0.05, 0) is 31.3 Å². The first kappa shape index (κ1) is 9.77. The summed E-state index contributed by atoms with van der Waals surface area (Å²) in [5.74, 6) is 1.42. The van der Waals surface area contributed by atoms with Crippen molar-refractivity contribution in [2.45, 2.75) is 6.42 Å². The number of carbonyl (C=O) groups is 1. The van der Waals surface area contributed by atoms with Crippen LogP contribution in [0.1, 0.15) is 6.42 Å². The van der Waals surface area contributed by atoms with E-state index in [0.29, 0.717) is 5.92 Å². The molecule has 2 fully saturated rings. The Kier molecular flexibility index (Phi) is 2.63.